The van der Waals surface area contributed by atoms with Crippen LogP contribution in [0.3, 0.4) is 0 Å². The van der Waals surface area contributed by atoms with Crippen LogP contribution in [0, 0.1) is 0 Å². The summed E-state index contributed by atoms with van der Waals surface area (Å²) >= 11 is 3.43. The summed E-state index contributed by atoms with van der Waals surface area (Å²) < 4.78 is 27.7. The van der Waals surface area contributed by atoms with Gasteiger partial charge in [0.05, 0.1) is 11.9 Å². The van der Waals surface area contributed by atoms with Crippen LogP contribution in [0.2, 0.25) is 0 Å². The Kier molecular flexibility index (Phi) is 11.7. The van der Waals surface area contributed by atoms with Gasteiger partial charge in [0, 0.05) is 29.5 Å². The minimum atomic E-state index is -3.92. The molecule has 0 aliphatic carbocycles. The van der Waals surface area contributed by atoms with Crippen LogP contribution in [0.25, 0.3) is 0 Å². The smallest absolute Gasteiger partial charge is 0.244 e. The topological polar surface area (TPSA) is 104 Å². The summed E-state index contributed by atoms with van der Waals surface area (Å²) in [5.74, 6) is -1.08. The highest BCUT2D eigenvalue weighted by atomic mass is 79.9. The summed E-state index contributed by atoms with van der Waals surface area (Å²) in [6.45, 7) is 3.44. The van der Waals surface area contributed by atoms with Gasteiger partial charge in [0.25, 0.3) is 0 Å². The van der Waals surface area contributed by atoms with E-state index in [9.17, 15) is 22.8 Å². The Morgan fingerprint density at radius 3 is 2.22 bits per heavy atom. The Balaban J connectivity index is 2.04. The largest absolute Gasteiger partial charge is 0.354 e. The van der Waals surface area contributed by atoms with Crippen LogP contribution >= 0.6 is 15.9 Å². The van der Waals surface area contributed by atoms with E-state index in [1.165, 1.54) is 17.9 Å². The lowest BCUT2D eigenvalue weighted by atomic mass is 10.0. The van der Waals surface area contributed by atoms with Gasteiger partial charge in [0.2, 0.25) is 21.8 Å². The van der Waals surface area contributed by atoms with Crippen molar-refractivity contribution in [2.45, 2.75) is 45.7 Å². The lowest BCUT2D eigenvalue weighted by molar-refractivity contribution is -0.140. The van der Waals surface area contributed by atoms with Crippen LogP contribution in [0.15, 0.2) is 83.3 Å². The lowest BCUT2D eigenvalue weighted by Crippen LogP contribution is -2.53. The van der Waals surface area contributed by atoms with E-state index in [2.05, 4.69) is 21.2 Å². The Morgan fingerprint density at radius 1 is 0.927 bits per heavy atom. The maximum absolute atomic E-state index is 14.1. The highest BCUT2D eigenvalue weighted by Gasteiger charge is 2.33. The molecule has 10 heteroatoms. The van der Waals surface area contributed by atoms with Crippen LogP contribution in [-0.2, 0) is 32.6 Å². The fraction of sp³-hybridized carbons (Fsp3) is 0.323. The Morgan fingerprint density at radius 2 is 1.61 bits per heavy atom. The number of ketones is 1. The molecule has 218 valence electrons. The van der Waals surface area contributed by atoms with Crippen LogP contribution in [0.1, 0.15) is 48.2 Å². The van der Waals surface area contributed by atoms with E-state index in [4.69, 9.17) is 0 Å². The van der Waals surface area contributed by atoms with Crippen LogP contribution in [0.4, 0.5) is 5.69 Å². The number of carbonyl (C=O) groups is 3. The normalized spacial score (nSPS) is 11.9. The van der Waals surface area contributed by atoms with E-state index in [1.807, 2.05) is 61.5 Å². The van der Waals surface area contributed by atoms with E-state index in [0.717, 1.165) is 39.0 Å². The molecule has 3 aromatic rings. The minimum Gasteiger partial charge on any atom is -0.354 e. The monoisotopic (exact) mass is 641 g/mol. The minimum absolute atomic E-state index is 0.0932. The molecule has 0 saturated carbocycles. The summed E-state index contributed by atoms with van der Waals surface area (Å²) in [6.07, 6.45) is 2.95. The van der Waals surface area contributed by atoms with Gasteiger partial charge in [-0.1, -0.05) is 83.9 Å². The number of amides is 2. The third-order valence-corrected chi connectivity index (χ3v) is 8.26. The fourth-order valence-corrected chi connectivity index (χ4v) is 5.45. The van der Waals surface area contributed by atoms with Crippen molar-refractivity contribution in [2.24, 2.45) is 0 Å². The number of Topliss-reactive ketones (excluding diaryl/α,β-unsaturated/α-hetero) is 1. The van der Waals surface area contributed by atoms with Crippen molar-refractivity contribution in [3.8, 4) is 0 Å². The lowest BCUT2D eigenvalue weighted by Gasteiger charge is -2.33. The summed E-state index contributed by atoms with van der Waals surface area (Å²) in [7, 11) is -3.92. The van der Waals surface area contributed by atoms with Crippen molar-refractivity contribution in [3.63, 3.8) is 0 Å². The number of benzene rings is 3. The van der Waals surface area contributed by atoms with Gasteiger partial charge in [0.1, 0.15) is 12.6 Å². The van der Waals surface area contributed by atoms with Gasteiger partial charge < -0.3 is 10.2 Å². The number of anilines is 1. The number of nitrogens with one attached hydrogen (secondary N) is 1. The van der Waals surface area contributed by atoms with Gasteiger partial charge in [0.15, 0.2) is 5.78 Å². The second-order valence-electron chi connectivity index (χ2n) is 9.87. The number of unbranched alkanes of at least 4 members (excludes halogenated alkanes) is 1. The molecule has 0 radical (unpaired) electrons. The van der Waals surface area contributed by atoms with E-state index in [0.29, 0.717) is 12.1 Å². The number of carbonyl (C=O) groups excluding carboxylic acids is 3. The average Bonchev–Trinajstić information content (AvgIpc) is 2.94. The van der Waals surface area contributed by atoms with Gasteiger partial charge in [-0.3, -0.25) is 18.7 Å². The second kappa shape index (κ2) is 14.9. The molecule has 0 bridgehead atoms. The third kappa shape index (κ3) is 9.54. The Hall–Kier alpha value is -3.50. The molecule has 1 N–H and O–H groups in total. The number of hydrogen-bond donors (Lipinski definition) is 1. The van der Waals surface area contributed by atoms with Crippen molar-refractivity contribution in [3.05, 3.63) is 100 Å². The van der Waals surface area contributed by atoms with Crippen LogP contribution in [-0.4, -0.2) is 56.3 Å². The zero-order valence-electron chi connectivity index (χ0n) is 23.5. The third-order valence-electron chi connectivity index (χ3n) is 6.59. The molecule has 0 heterocycles. The first-order valence-electron chi connectivity index (χ1n) is 13.4. The van der Waals surface area contributed by atoms with E-state index < -0.39 is 28.5 Å². The highest BCUT2D eigenvalue weighted by molar-refractivity contribution is 9.10. The number of halogens is 1. The standard InChI is InChI=1S/C31H36BrN3O5S/c1-4-5-18-33-31(38)29(19-24-10-7-6-8-11-24)34(21-25-14-16-27(32)17-15-25)30(37)22-35(41(3,39)40)28-13-9-12-26(20-28)23(2)36/h6-17,20,29H,4-5,18-19,21-22H2,1-3H3,(H,33,38). The number of rotatable bonds is 14. The molecule has 3 rings (SSSR count). The molecule has 1 unspecified atom stereocenters. The molecule has 0 aromatic heterocycles. The van der Waals surface area contributed by atoms with Gasteiger partial charge in [-0.2, -0.15) is 0 Å². The van der Waals surface area contributed by atoms with Crippen molar-refractivity contribution in [2.75, 3.05) is 23.7 Å². The number of hydrogen-bond acceptors (Lipinski definition) is 5. The zero-order valence-corrected chi connectivity index (χ0v) is 25.9. The second-order valence-corrected chi connectivity index (χ2v) is 12.7. The van der Waals surface area contributed by atoms with Crippen LogP contribution in [0.5, 0.6) is 0 Å². The summed E-state index contributed by atoms with van der Waals surface area (Å²) in [4.78, 5) is 41.1. The summed E-state index contributed by atoms with van der Waals surface area (Å²) in [5.41, 5.74) is 2.17. The molecule has 0 saturated heterocycles. The quantitative estimate of drug-likeness (QED) is 0.198. The first-order valence-corrected chi connectivity index (χ1v) is 16.1. The van der Waals surface area contributed by atoms with Gasteiger partial charge in [-0.05, 0) is 48.7 Å². The van der Waals surface area contributed by atoms with Crippen molar-refractivity contribution in [1.29, 1.82) is 0 Å². The zero-order chi connectivity index (χ0) is 30.0. The Bertz CT molecular complexity index is 1450. The average molecular weight is 643 g/mol. The molecule has 1 atom stereocenters. The van der Waals surface area contributed by atoms with Crippen molar-refractivity contribution >= 4 is 49.2 Å². The SMILES string of the molecule is CCCCNC(=O)C(Cc1ccccc1)N(Cc1ccc(Br)cc1)C(=O)CN(c1cccc(C(C)=O)c1)S(C)(=O)=O. The summed E-state index contributed by atoms with van der Waals surface area (Å²) in [6, 6.07) is 22.1. The molecule has 41 heavy (non-hydrogen) atoms. The molecule has 0 aliphatic rings. The first-order chi connectivity index (χ1) is 19.5. The Labute approximate surface area is 250 Å². The van der Waals surface area contributed by atoms with Crippen molar-refractivity contribution < 1.29 is 22.8 Å². The van der Waals surface area contributed by atoms with Gasteiger partial charge in [-0.15, -0.1) is 0 Å². The number of nitrogens with zero attached hydrogens (tertiary/aromatic N) is 2. The van der Waals surface area contributed by atoms with E-state index in [-0.39, 0.29) is 30.3 Å². The number of sulfonamides is 1. The van der Waals surface area contributed by atoms with E-state index in [1.54, 1.807) is 18.2 Å². The predicted octanol–water partition coefficient (Wildman–Crippen LogP) is 4.97. The van der Waals surface area contributed by atoms with Crippen LogP contribution < -0.4 is 9.62 Å². The molecule has 0 aliphatic heterocycles. The molecular weight excluding hydrogens is 606 g/mol. The summed E-state index contributed by atoms with van der Waals surface area (Å²) in [5, 5.41) is 2.96. The molecule has 3 aromatic carbocycles. The molecular formula is C31H36BrN3O5S. The predicted molar refractivity (Wildman–Crippen MR) is 165 cm³/mol. The fourth-order valence-electron chi connectivity index (χ4n) is 4.34. The van der Waals surface area contributed by atoms with Gasteiger partial charge in [-0.25, -0.2) is 8.42 Å². The maximum Gasteiger partial charge on any atom is 0.244 e. The maximum atomic E-state index is 14.1. The molecule has 0 fully saturated rings. The van der Waals surface area contributed by atoms with Gasteiger partial charge >= 0.3 is 0 Å². The highest BCUT2D eigenvalue weighted by Crippen LogP contribution is 2.22. The van der Waals surface area contributed by atoms with E-state index >= 15 is 0 Å². The van der Waals surface area contributed by atoms with Crippen molar-refractivity contribution in [1.82, 2.24) is 10.2 Å². The first kappa shape index (κ1) is 32.0. The molecule has 2 amide bonds. The molecule has 0 spiro atoms. The molecule has 8 nitrogen and oxygen atoms in total.